The highest BCUT2D eigenvalue weighted by Crippen LogP contribution is 2.42. The zero-order chi connectivity index (χ0) is 27.3. The number of rotatable bonds is 10. The Bertz CT molecular complexity index is 1290. The molecule has 1 atom stereocenters. The van der Waals surface area contributed by atoms with Crippen LogP contribution in [0.4, 0.5) is 8.78 Å². The molecule has 1 fully saturated rings. The number of nitrogens with zero attached hydrogens (tertiary/aromatic N) is 5. The van der Waals surface area contributed by atoms with Crippen LogP contribution in [0.25, 0.3) is 17.2 Å². The van der Waals surface area contributed by atoms with E-state index in [1.54, 1.807) is 43.2 Å². The maximum absolute atomic E-state index is 13.5. The van der Waals surface area contributed by atoms with Gasteiger partial charge in [0.05, 0.1) is 24.1 Å². The summed E-state index contributed by atoms with van der Waals surface area (Å²) in [7, 11) is 1.76. The van der Waals surface area contributed by atoms with Gasteiger partial charge in [0.1, 0.15) is 17.3 Å². The topological polar surface area (TPSA) is 89.8 Å². The van der Waals surface area contributed by atoms with Gasteiger partial charge in [-0.15, -0.1) is 17.9 Å². The van der Waals surface area contributed by atoms with Crippen molar-refractivity contribution in [2.75, 3.05) is 7.05 Å². The van der Waals surface area contributed by atoms with Crippen molar-refractivity contribution in [1.82, 2.24) is 35.4 Å². The van der Waals surface area contributed by atoms with Gasteiger partial charge in [-0.3, -0.25) is 0 Å². The first kappa shape index (κ1) is 27.3. The molecule has 3 aromatic rings. The number of alkyl halides is 2. The Morgan fingerprint density at radius 2 is 1.86 bits per heavy atom. The number of terminal acetylenes is 1. The van der Waals surface area contributed by atoms with Crippen molar-refractivity contribution < 1.29 is 13.5 Å². The third-order valence-electron chi connectivity index (χ3n) is 5.61. The molecule has 10 heteroatoms. The molecule has 8 nitrogen and oxygen atoms in total. The van der Waals surface area contributed by atoms with Crippen LogP contribution >= 0.6 is 0 Å². The Labute approximate surface area is 215 Å². The first-order chi connectivity index (χ1) is 17.5. The van der Waals surface area contributed by atoms with E-state index >= 15 is 0 Å². The van der Waals surface area contributed by atoms with Gasteiger partial charge >= 0.3 is 6.11 Å². The molecule has 1 saturated carbocycles. The summed E-state index contributed by atoms with van der Waals surface area (Å²) in [5.74, 6) is 2.16. The van der Waals surface area contributed by atoms with Crippen molar-refractivity contribution in [2.45, 2.75) is 51.7 Å². The van der Waals surface area contributed by atoms with E-state index in [4.69, 9.17) is 4.74 Å². The molecule has 0 saturated heterocycles. The number of benzene rings is 1. The lowest BCUT2D eigenvalue weighted by molar-refractivity contribution is -0.159. The lowest BCUT2D eigenvalue weighted by Gasteiger charge is -2.20. The molecule has 2 aromatic heterocycles. The number of hydrogen-bond donors (Lipinski definition) is 2. The average molecular weight is 508 g/mol. The molecule has 0 spiro atoms. The Morgan fingerprint density at radius 3 is 2.43 bits per heavy atom. The fourth-order valence-electron chi connectivity index (χ4n) is 3.72. The summed E-state index contributed by atoms with van der Waals surface area (Å²) in [4.78, 5) is 13.4. The summed E-state index contributed by atoms with van der Waals surface area (Å²) in [6.45, 7) is 12.5. The van der Waals surface area contributed by atoms with E-state index in [1.165, 1.54) is 0 Å². The summed E-state index contributed by atoms with van der Waals surface area (Å²) in [5, 5.41) is 10.7. The van der Waals surface area contributed by atoms with E-state index in [1.807, 2.05) is 13.0 Å². The standard InChI is InChI=1S/C25H29F2N7O.C2H2/c1-14(19-9-20(18-7-8-18)11-21(10-19)35-25(5,26)27)31-16(3)24-32-17(4)33-34(24)23-13-29-22(12-30-23)15(2)28-6;1-2/h9-13,16,18,28,31H,1-2,7-8H2,3-6H3;1-2H/t16-;/m0./s1. The maximum atomic E-state index is 13.5. The van der Waals surface area contributed by atoms with Crippen LogP contribution in [0.15, 0.2) is 43.8 Å². The van der Waals surface area contributed by atoms with Crippen molar-refractivity contribution >= 4 is 11.4 Å². The minimum absolute atomic E-state index is 0.116. The Kier molecular flexibility index (Phi) is 8.28. The molecule has 0 bridgehead atoms. The van der Waals surface area contributed by atoms with Crippen LogP contribution in [-0.4, -0.2) is 37.9 Å². The summed E-state index contributed by atoms with van der Waals surface area (Å²) >= 11 is 0. The van der Waals surface area contributed by atoms with E-state index < -0.39 is 6.11 Å². The highest BCUT2D eigenvalue weighted by Gasteiger charge is 2.28. The van der Waals surface area contributed by atoms with Gasteiger partial charge in [0.25, 0.3) is 0 Å². The summed E-state index contributed by atoms with van der Waals surface area (Å²) in [6, 6.07) is 4.90. The first-order valence-corrected chi connectivity index (χ1v) is 11.7. The lowest BCUT2D eigenvalue weighted by atomic mass is 10.0. The van der Waals surface area contributed by atoms with E-state index in [0.717, 1.165) is 25.3 Å². The normalized spacial score (nSPS) is 13.6. The smallest absolute Gasteiger partial charge is 0.394 e. The van der Waals surface area contributed by atoms with Gasteiger partial charge in [-0.05, 0) is 56.4 Å². The molecule has 194 valence electrons. The zero-order valence-corrected chi connectivity index (χ0v) is 21.4. The summed E-state index contributed by atoms with van der Waals surface area (Å²) in [6.07, 6.45) is 10.0. The molecule has 1 aliphatic carbocycles. The van der Waals surface area contributed by atoms with Crippen molar-refractivity contribution in [1.29, 1.82) is 0 Å². The predicted octanol–water partition coefficient (Wildman–Crippen LogP) is 5.00. The van der Waals surface area contributed by atoms with Gasteiger partial charge in [0, 0.05) is 25.2 Å². The van der Waals surface area contributed by atoms with Gasteiger partial charge < -0.3 is 15.4 Å². The van der Waals surface area contributed by atoms with Crippen LogP contribution in [0.2, 0.25) is 0 Å². The highest BCUT2D eigenvalue weighted by molar-refractivity contribution is 5.65. The number of nitrogens with one attached hydrogen (secondary N) is 2. The maximum Gasteiger partial charge on any atom is 0.394 e. The second-order valence-electron chi connectivity index (χ2n) is 8.74. The van der Waals surface area contributed by atoms with E-state index in [-0.39, 0.29) is 11.8 Å². The molecular formula is C27H31F2N7O. The molecule has 2 N–H and O–H groups in total. The summed E-state index contributed by atoms with van der Waals surface area (Å²) in [5.41, 5.74) is 3.49. The first-order valence-electron chi connectivity index (χ1n) is 11.7. The molecule has 2 heterocycles. The second kappa shape index (κ2) is 11.2. The Hall–Kier alpha value is -4.26. The van der Waals surface area contributed by atoms with Gasteiger partial charge in [0.15, 0.2) is 11.6 Å². The average Bonchev–Trinajstić information content (AvgIpc) is 3.64. The Morgan fingerprint density at radius 1 is 1.16 bits per heavy atom. The van der Waals surface area contributed by atoms with Crippen LogP contribution in [0.3, 0.4) is 0 Å². The van der Waals surface area contributed by atoms with E-state index in [0.29, 0.717) is 46.0 Å². The third-order valence-corrected chi connectivity index (χ3v) is 5.61. The van der Waals surface area contributed by atoms with Crippen LogP contribution in [0.5, 0.6) is 5.75 Å². The molecule has 37 heavy (non-hydrogen) atoms. The molecule has 1 aromatic carbocycles. The highest BCUT2D eigenvalue weighted by atomic mass is 19.3. The van der Waals surface area contributed by atoms with Crippen LogP contribution in [0, 0.1) is 19.8 Å². The minimum atomic E-state index is -3.27. The Balaban J connectivity index is 0.00000186. The van der Waals surface area contributed by atoms with E-state index in [9.17, 15) is 8.78 Å². The van der Waals surface area contributed by atoms with Crippen molar-refractivity contribution in [2.24, 2.45) is 0 Å². The van der Waals surface area contributed by atoms with Crippen LogP contribution < -0.4 is 15.4 Å². The lowest BCUT2D eigenvalue weighted by Crippen LogP contribution is -2.22. The molecule has 0 unspecified atom stereocenters. The molecule has 0 radical (unpaired) electrons. The van der Waals surface area contributed by atoms with Crippen molar-refractivity contribution in [3.63, 3.8) is 0 Å². The fraction of sp³-hybridized carbons (Fsp3) is 0.333. The molecule has 0 amide bonds. The molecular weight excluding hydrogens is 476 g/mol. The largest absolute Gasteiger partial charge is 0.433 e. The second-order valence-corrected chi connectivity index (χ2v) is 8.74. The number of aromatic nitrogens is 5. The van der Waals surface area contributed by atoms with E-state index in [2.05, 4.69) is 56.7 Å². The number of hydrogen-bond acceptors (Lipinski definition) is 7. The molecule has 4 rings (SSSR count). The van der Waals surface area contributed by atoms with Gasteiger partial charge in [-0.1, -0.05) is 13.2 Å². The zero-order valence-electron chi connectivity index (χ0n) is 21.4. The van der Waals surface area contributed by atoms with Crippen molar-refractivity contribution in [3.05, 3.63) is 72.2 Å². The minimum Gasteiger partial charge on any atom is -0.433 e. The number of ether oxygens (including phenoxy) is 1. The monoisotopic (exact) mass is 507 g/mol. The third kappa shape index (κ3) is 6.91. The number of halogens is 2. The van der Waals surface area contributed by atoms with Gasteiger partial charge in [-0.2, -0.15) is 13.5 Å². The molecule has 1 aliphatic rings. The van der Waals surface area contributed by atoms with Crippen LogP contribution in [0.1, 0.15) is 67.1 Å². The molecule has 0 aliphatic heterocycles. The fourth-order valence-corrected chi connectivity index (χ4v) is 3.72. The van der Waals surface area contributed by atoms with Crippen LogP contribution in [-0.2, 0) is 0 Å². The predicted molar refractivity (Wildman–Crippen MR) is 140 cm³/mol. The van der Waals surface area contributed by atoms with Crippen molar-refractivity contribution in [3.8, 4) is 24.4 Å². The van der Waals surface area contributed by atoms with Gasteiger partial charge in [0.2, 0.25) is 0 Å². The SMILES string of the molecule is C#C.C=C(N[C@@H](C)c1nc(C)nn1-c1cnc(C(=C)NC)cn1)c1cc(OC(C)(F)F)cc(C2CC2)c1. The van der Waals surface area contributed by atoms with Gasteiger partial charge in [-0.25, -0.2) is 15.0 Å². The summed E-state index contributed by atoms with van der Waals surface area (Å²) < 4.78 is 33.5. The number of aryl methyl sites for hydroxylation is 1. The quantitative estimate of drug-likeness (QED) is 0.374.